The highest BCUT2D eigenvalue weighted by Gasteiger charge is 2.24. The molecule has 0 saturated carbocycles. The molecule has 154 valence electrons. The zero-order valence-electron chi connectivity index (χ0n) is 17.0. The minimum absolute atomic E-state index is 0.0414. The lowest BCUT2D eigenvalue weighted by atomic mass is 9.87. The fraction of sp³-hybridized carbons (Fsp3) is 0.217. The Labute approximate surface area is 175 Å². The third-order valence-electron chi connectivity index (χ3n) is 5.02. The summed E-state index contributed by atoms with van der Waals surface area (Å²) in [5, 5.41) is 5.19. The van der Waals surface area contributed by atoms with Crippen molar-refractivity contribution in [3.05, 3.63) is 84.1 Å². The Balaban J connectivity index is 1.73. The third kappa shape index (κ3) is 3.73. The Morgan fingerprint density at radius 2 is 1.80 bits per heavy atom. The van der Waals surface area contributed by atoms with Crippen LogP contribution in [0, 0.1) is 5.82 Å². The average molecular weight is 424 g/mol. The zero-order chi connectivity index (χ0) is 21.5. The van der Waals surface area contributed by atoms with Gasteiger partial charge in [-0.25, -0.2) is 17.5 Å². The molecule has 0 spiro atoms. The predicted molar refractivity (Wildman–Crippen MR) is 115 cm³/mol. The van der Waals surface area contributed by atoms with E-state index in [0.29, 0.717) is 11.3 Å². The van der Waals surface area contributed by atoms with Gasteiger partial charge in [-0.2, -0.15) is 5.10 Å². The lowest BCUT2D eigenvalue weighted by Crippen LogP contribution is -2.15. The van der Waals surface area contributed by atoms with Gasteiger partial charge in [0.05, 0.1) is 27.5 Å². The molecule has 2 aromatic carbocycles. The molecule has 0 radical (unpaired) electrons. The summed E-state index contributed by atoms with van der Waals surface area (Å²) < 4.78 is 42.3. The van der Waals surface area contributed by atoms with E-state index in [2.05, 4.69) is 10.1 Å². The van der Waals surface area contributed by atoms with Gasteiger partial charge in [0.1, 0.15) is 5.82 Å². The summed E-state index contributed by atoms with van der Waals surface area (Å²) in [5.41, 5.74) is 2.10. The highest BCUT2D eigenvalue weighted by Crippen LogP contribution is 2.28. The zero-order valence-corrected chi connectivity index (χ0v) is 17.8. The molecule has 7 heteroatoms. The number of benzene rings is 2. The van der Waals surface area contributed by atoms with Gasteiger partial charge in [-0.05, 0) is 53.4 Å². The topological polar surface area (TPSA) is 64.8 Å². The van der Waals surface area contributed by atoms with Crippen LogP contribution in [0.25, 0.3) is 16.6 Å². The SMILES string of the molecule is CC(C)(C)c1ccc(S(=O)(=O)Cc2ccnn2-c2cccc3ncccc23)cc1F. The standard InChI is InChI=1S/C23H22FN3O2S/c1-23(2,3)19-10-9-17(14-20(19)24)30(28,29)15-16-11-13-26-27(16)22-8-4-7-21-18(22)6-5-12-25-21/h4-14H,15H2,1-3H3. The van der Waals surface area contributed by atoms with Crippen molar-refractivity contribution in [2.75, 3.05) is 0 Å². The quantitative estimate of drug-likeness (QED) is 0.472. The van der Waals surface area contributed by atoms with Crippen LogP contribution in [0.15, 0.2) is 71.9 Å². The molecule has 4 aromatic rings. The van der Waals surface area contributed by atoms with Crippen LogP contribution in [0.5, 0.6) is 0 Å². The van der Waals surface area contributed by atoms with Crippen LogP contribution in [0.4, 0.5) is 4.39 Å². The van der Waals surface area contributed by atoms with Crippen molar-refractivity contribution in [3.63, 3.8) is 0 Å². The van der Waals surface area contributed by atoms with Gasteiger partial charge in [-0.1, -0.05) is 32.9 Å². The first-order valence-electron chi connectivity index (χ1n) is 9.57. The van der Waals surface area contributed by atoms with Crippen LogP contribution in [-0.4, -0.2) is 23.2 Å². The number of halogens is 1. The van der Waals surface area contributed by atoms with E-state index >= 15 is 0 Å². The fourth-order valence-electron chi connectivity index (χ4n) is 3.50. The van der Waals surface area contributed by atoms with Gasteiger partial charge < -0.3 is 0 Å². The normalized spacial score (nSPS) is 12.4. The first-order chi connectivity index (χ1) is 14.2. The lowest BCUT2D eigenvalue weighted by molar-refractivity contribution is 0.519. The van der Waals surface area contributed by atoms with Crippen molar-refractivity contribution in [1.29, 1.82) is 0 Å². The van der Waals surface area contributed by atoms with Crippen LogP contribution >= 0.6 is 0 Å². The number of hydrogen-bond donors (Lipinski definition) is 0. The summed E-state index contributed by atoms with van der Waals surface area (Å²) >= 11 is 0. The van der Waals surface area contributed by atoms with Crippen LogP contribution in [0.2, 0.25) is 0 Å². The van der Waals surface area contributed by atoms with Gasteiger partial charge in [0.25, 0.3) is 0 Å². The summed E-state index contributed by atoms with van der Waals surface area (Å²) in [5.74, 6) is -0.810. The van der Waals surface area contributed by atoms with E-state index in [1.54, 1.807) is 29.2 Å². The smallest absolute Gasteiger partial charge is 0.184 e. The molecule has 0 aliphatic carbocycles. The largest absolute Gasteiger partial charge is 0.256 e. The minimum atomic E-state index is -3.77. The van der Waals surface area contributed by atoms with Crippen molar-refractivity contribution in [3.8, 4) is 5.69 Å². The number of sulfone groups is 1. The Morgan fingerprint density at radius 3 is 2.53 bits per heavy atom. The van der Waals surface area contributed by atoms with Crippen LogP contribution in [-0.2, 0) is 21.0 Å². The van der Waals surface area contributed by atoms with Gasteiger partial charge in [-0.3, -0.25) is 4.98 Å². The molecule has 0 aliphatic rings. The van der Waals surface area contributed by atoms with E-state index in [-0.39, 0.29) is 10.6 Å². The lowest BCUT2D eigenvalue weighted by Gasteiger charge is -2.20. The number of aromatic nitrogens is 3. The van der Waals surface area contributed by atoms with E-state index < -0.39 is 21.1 Å². The fourth-order valence-corrected chi connectivity index (χ4v) is 4.84. The molecule has 5 nitrogen and oxygen atoms in total. The van der Waals surface area contributed by atoms with E-state index in [0.717, 1.165) is 22.7 Å². The van der Waals surface area contributed by atoms with Crippen LogP contribution in [0.3, 0.4) is 0 Å². The second kappa shape index (κ2) is 7.32. The third-order valence-corrected chi connectivity index (χ3v) is 6.67. The molecule has 0 amide bonds. The van der Waals surface area contributed by atoms with Crippen LogP contribution in [0.1, 0.15) is 32.0 Å². The Bertz CT molecular complexity index is 1330. The van der Waals surface area contributed by atoms with Crippen molar-refractivity contribution >= 4 is 20.7 Å². The summed E-state index contributed by atoms with van der Waals surface area (Å²) in [6, 6.07) is 15.1. The van der Waals surface area contributed by atoms with Crippen LogP contribution < -0.4 is 0 Å². The number of rotatable bonds is 4. The Morgan fingerprint density at radius 1 is 1.00 bits per heavy atom. The molecule has 2 aromatic heterocycles. The molecule has 0 atom stereocenters. The Hall–Kier alpha value is -3.06. The van der Waals surface area contributed by atoms with Gasteiger partial charge >= 0.3 is 0 Å². The number of fused-ring (bicyclic) bond motifs is 1. The second-order valence-corrected chi connectivity index (χ2v) is 10.2. The van der Waals surface area contributed by atoms with Gasteiger partial charge in [0, 0.05) is 17.8 Å². The average Bonchev–Trinajstić information content (AvgIpc) is 3.13. The van der Waals surface area contributed by atoms with Crippen molar-refractivity contribution in [2.24, 2.45) is 0 Å². The van der Waals surface area contributed by atoms with Gasteiger partial charge in [0.15, 0.2) is 9.84 Å². The molecule has 0 saturated heterocycles. The molecule has 4 rings (SSSR count). The molecular formula is C23H22FN3O2S. The highest BCUT2D eigenvalue weighted by atomic mass is 32.2. The molecule has 30 heavy (non-hydrogen) atoms. The number of nitrogens with zero attached hydrogens (tertiary/aromatic N) is 3. The molecular weight excluding hydrogens is 401 g/mol. The number of hydrogen-bond acceptors (Lipinski definition) is 4. The summed E-state index contributed by atoms with van der Waals surface area (Å²) in [4.78, 5) is 4.30. The summed E-state index contributed by atoms with van der Waals surface area (Å²) in [6.45, 7) is 5.66. The minimum Gasteiger partial charge on any atom is -0.256 e. The first kappa shape index (κ1) is 20.2. The van der Waals surface area contributed by atoms with E-state index in [4.69, 9.17) is 0 Å². The van der Waals surface area contributed by atoms with Crippen molar-refractivity contribution in [2.45, 2.75) is 36.8 Å². The Kier molecular flexibility index (Phi) is 4.94. The number of pyridine rings is 1. The molecule has 0 N–H and O–H groups in total. The van der Waals surface area contributed by atoms with E-state index in [9.17, 15) is 12.8 Å². The predicted octanol–water partition coefficient (Wildman–Crippen LogP) is 4.83. The van der Waals surface area contributed by atoms with Gasteiger partial charge in [0.2, 0.25) is 0 Å². The maximum absolute atomic E-state index is 14.6. The van der Waals surface area contributed by atoms with E-state index in [1.807, 2.05) is 51.1 Å². The molecule has 0 bridgehead atoms. The van der Waals surface area contributed by atoms with Crippen molar-refractivity contribution < 1.29 is 12.8 Å². The maximum Gasteiger partial charge on any atom is 0.184 e. The maximum atomic E-state index is 14.6. The molecule has 0 fully saturated rings. The van der Waals surface area contributed by atoms with Gasteiger partial charge in [-0.15, -0.1) is 0 Å². The monoisotopic (exact) mass is 423 g/mol. The summed E-state index contributed by atoms with van der Waals surface area (Å²) in [7, 11) is -3.77. The second-order valence-electron chi connectivity index (χ2n) is 8.23. The molecule has 0 unspecified atom stereocenters. The van der Waals surface area contributed by atoms with Crippen molar-refractivity contribution in [1.82, 2.24) is 14.8 Å². The highest BCUT2D eigenvalue weighted by molar-refractivity contribution is 7.90. The van der Waals surface area contributed by atoms with E-state index in [1.165, 1.54) is 6.07 Å². The summed E-state index contributed by atoms with van der Waals surface area (Å²) in [6.07, 6.45) is 3.26. The first-order valence-corrected chi connectivity index (χ1v) is 11.2. The molecule has 2 heterocycles. The molecule has 0 aliphatic heterocycles.